The van der Waals surface area contributed by atoms with Gasteiger partial charge in [-0.05, 0) is 62.8 Å². The Labute approximate surface area is 193 Å². The predicted octanol–water partition coefficient (Wildman–Crippen LogP) is 3.90. The number of carbonyl (C=O) groups excluding carboxylic acids is 1. The third kappa shape index (κ3) is 5.67. The fourth-order valence-corrected chi connectivity index (χ4v) is 5.35. The lowest BCUT2D eigenvalue weighted by atomic mass is 10.2. The van der Waals surface area contributed by atoms with Crippen molar-refractivity contribution in [1.82, 2.24) is 10.2 Å². The molecule has 1 unspecified atom stereocenters. The lowest BCUT2D eigenvalue weighted by Crippen LogP contribution is -2.34. The average Bonchev–Trinajstić information content (AvgIpc) is 3.29. The van der Waals surface area contributed by atoms with Gasteiger partial charge in [-0.3, -0.25) is 9.52 Å². The highest BCUT2D eigenvalue weighted by molar-refractivity contribution is 7.92. The first-order chi connectivity index (χ1) is 15.2. The number of sulfonamides is 1. The van der Waals surface area contributed by atoms with Crippen LogP contribution in [0.4, 0.5) is 5.69 Å². The molecule has 0 aliphatic carbocycles. The Bertz CT molecular complexity index is 1160. The van der Waals surface area contributed by atoms with Gasteiger partial charge in [-0.15, -0.1) is 11.3 Å². The van der Waals surface area contributed by atoms with Gasteiger partial charge in [-0.2, -0.15) is 0 Å². The number of ether oxygens (including phenoxy) is 1. The van der Waals surface area contributed by atoms with Crippen LogP contribution < -0.4 is 14.8 Å². The third-order valence-corrected chi connectivity index (χ3v) is 7.35. The molecule has 0 aliphatic heterocycles. The molecule has 0 bridgehead atoms. The molecule has 2 aromatic carbocycles. The monoisotopic (exact) mass is 473 g/mol. The normalized spacial score (nSPS) is 12.4. The second-order valence-electron chi connectivity index (χ2n) is 7.54. The first-order valence-electron chi connectivity index (χ1n) is 9.97. The number of benzene rings is 2. The van der Waals surface area contributed by atoms with E-state index >= 15 is 0 Å². The van der Waals surface area contributed by atoms with Gasteiger partial charge in [0, 0.05) is 22.7 Å². The highest BCUT2D eigenvalue weighted by Crippen LogP contribution is 2.27. The van der Waals surface area contributed by atoms with Crippen LogP contribution in [0.5, 0.6) is 5.75 Å². The summed E-state index contributed by atoms with van der Waals surface area (Å²) < 4.78 is 33.8. The van der Waals surface area contributed by atoms with Gasteiger partial charge < -0.3 is 15.0 Å². The largest absolute Gasteiger partial charge is 0.495 e. The van der Waals surface area contributed by atoms with Crippen molar-refractivity contribution in [1.29, 1.82) is 0 Å². The molecule has 2 N–H and O–H groups in total. The number of anilines is 1. The number of nitrogens with zero attached hydrogens (tertiary/aromatic N) is 1. The number of likely N-dealkylation sites (N-methyl/N-ethyl adjacent to an activating group) is 1. The number of amides is 1. The van der Waals surface area contributed by atoms with Crippen LogP contribution in [0, 0.1) is 6.92 Å². The van der Waals surface area contributed by atoms with E-state index in [1.165, 1.54) is 19.2 Å². The van der Waals surface area contributed by atoms with Crippen molar-refractivity contribution < 1.29 is 17.9 Å². The maximum atomic E-state index is 13.0. The summed E-state index contributed by atoms with van der Waals surface area (Å²) >= 11 is 1.62. The van der Waals surface area contributed by atoms with E-state index in [0.717, 1.165) is 10.4 Å². The topological polar surface area (TPSA) is 87.7 Å². The minimum Gasteiger partial charge on any atom is -0.495 e. The van der Waals surface area contributed by atoms with Crippen LogP contribution in [-0.4, -0.2) is 47.0 Å². The Kier molecular flexibility index (Phi) is 7.55. The summed E-state index contributed by atoms with van der Waals surface area (Å²) in [5, 5.41) is 4.91. The van der Waals surface area contributed by atoms with Gasteiger partial charge in [0.15, 0.2) is 0 Å². The third-order valence-electron chi connectivity index (χ3n) is 4.97. The molecule has 0 aliphatic rings. The maximum absolute atomic E-state index is 13.0. The Morgan fingerprint density at radius 1 is 1.12 bits per heavy atom. The molecule has 0 radical (unpaired) electrons. The van der Waals surface area contributed by atoms with Gasteiger partial charge in [-0.25, -0.2) is 8.42 Å². The minimum atomic E-state index is -3.97. The zero-order valence-corrected chi connectivity index (χ0v) is 20.1. The number of rotatable bonds is 9. The van der Waals surface area contributed by atoms with Gasteiger partial charge in [0.1, 0.15) is 10.6 Å². The molecule has 0 fully saturated rings. The van der Waals surface area contributed by atoms with E-state index in [1.807, 2.05) is 55.6 Å². The molecule has 7 nitrogen and oxygen atoms in total. The summed E-state index contributed by atoms with van der Waals surface area (Å²) in [6.07, 6.45) is 0. The highest BCUT2D eigenvalue weighted by atomic mass is 32.2. The van der Waals surface area contributed by atoms with Crippen molar-refractivity contribution in [2.24, 2.45) is 0 Å². The molecule has 0 spiro atoms. The number of methoxy groups -OCH3 is 1. The zero-order valence-electron chi connectivity index (χ0n) is 18.5. The number of nitrogens with one attached hydrogen (secondary N) is 2. The second-order valence-corrected chi connectivity index (χ2v) is 10.2. The molecule has 1 atom stereocenters. The molecule has 9 heteroatoms. The minimum absolute atomic E-state index is 0.0172. The first-order valence-corrected chi connectivity index (χ1v) is 12.3. The summed E-state index contributed by atoms with van der Waals surface area (Å²) in [5.74, 6) is -0.200. The fourth-order valence-electron chi connectivity index (χ4n) is 3.17. The zero-order chi connectivity index (χ0) is 23.3. The Morgan fingerprint density at radius 3 is 2.44 bits per heavy atom. The molecule has 170 valence electrons. The Balaban J connectivity index is 1.81. The summed E-state index contributed by atoms with van der Waals surface area (Å²) in [4.78, 5) is 15.9. The fraction of sp³-hybridized carbons (Fsp3) is 0.261. The van der Waals surface area contributed by atoms with E-state index in [2.05, 4.69) is 10.0 Å². The summed E-state index contributed by atoms with van der Waals surface area (Å²) in [6.45, 7) is 2.31. The second kappa shape index (κ2) is 10.2. The summed E-state index contributed by atoms with van der Waals surface area (Å²) in [5.41, 5.74) is 1.68. The number of thiophene rings is 1. The maximum Gasteiger partial charge on any atom is 0.265 e. The van der Waals surface area contributed by atoms with Crippen molar-refractivity contribution in [3.05, 3.63) is 76.0 Å². The van der Waals surface area contributed by atoms with Crippen LogP contribution in [0.2, 0.25) is 0 Å². The SMILES string of the molecule is COc1ccc(C(=O)NCC(c2cccs2)N(C)C)cc1S(=O)(=O)Nc1ccc(C)cc1. The molecular weight excluding hydrogens is 446 g/mol. The van der Waals surface area contributed by atoms with Crippen molar-refractivity contribution in [3.8, 4) is 5.75 Å². The lowest BCUT2D eigenvalue weighted by molar-refractivity contribution is 0.0942. The summed E-state index contributed by atoms with van der Waals surface area (Å²) in [7, 11) is 1.32. The molecule has 0 saturated heterocycles. The molecule has 1 amide bonds. The van der Waals surface area contributed by atoms with Crippen LogP contribution in [0.1, 0.15) is 26.8 Å². The van der Waals surface area contributed by atoms with Crippen molar-refractivity contribution >= 4 is 33.0 Å². The Hall–Kier alpha value is -2.88. The van der Waals surface area contributed by atoms with Crippen LogP contribution in [0.3, 0.4) is 0 Å². The number of hydrogen-bond donors (Lipinski definition) is 2. The molecule has 32 heavy (non-hydrogen) atoms. The molecule has 0 saturated carbocycles. The average molecular weight is 474 g/mol. The van der Waals surface area contributed by atoms with Gasteiger partial charge in [0.25, 0.3) is 15.9 Å². The standard InChI is InChI=1S/C23H27N3O4S2/c1-16-7-10-18(11-8-16)25-32(28,29)22-14-17(9-12-20(22)30-4)23(27)24-15-19(26(2)3)21-6-5-13-31-21/h5-14,19,25H,15H2,1-4H3,(H,24,27). The smallest absolute Gasteiger partial charge is 0.265 e. The van der Waals surface area contributed by atoms with Gasteiger partial charge >= 0.3 is 0 Å². The van der Waals surface area contributed by atoms with Gasteiger partial charge in [0.05, 0.1) is 13.2 Å². The van der Waals surface area contributed by atoms with Crippen molar-refractivity contribution in [2.45, 2.75) is 17.9 Å². The quantitative estimate of drug-likeness (QED) is 0.492. The predicted molar refractivity (Wildman–Crippen MR) is 128 cm³/mol. The molecule has 3 aromatic rings. The van der Waals surface area contributed by atoms with Crippen LogP contribution in [0.25, 0.3) is 0 Å². The van der Waals surface area contributed by atoms with Crippen LogP contribution in [0.15, 0.2) is 64.9 Å². The van der Waals surface area contributed by atoms with E-state index in [-0.39, 0.29) is 28.2 Å². The number of hydrogen-bond acceptors (Lipinski definition) is 6. The highest BCUT2D eigenvalue weighted by Gasteiger charge is 2.23. The molecule has 3 rings (SSSR count). The van der Waals surface area contributed by atoms with Crippen LogP contribution >= 0.6 is 11.3 Å². The molecule has 1 heterocycles. The van der Waals surface area contributed by atoms with Crippen molar-refractivity contribution in [2.75, 3.05) is 32.5 Å². The lowest BCUT2D eigenvalue weighted by Gasteiger charge is -2.23. The van der Waals surface area contributed by atoms with Gasteiger partial charge in [-0.1, -0.05) is 23.8 Å². The van der Waals surface area contributed by atoms with Gasteiger partial charge in [0.2, 0.25) is 0 Å². The van der Waals surface area contributed by atoms with E-state index in [1.54, 1.807) is 29.5 Å². The number of aryl methyl sites for hydroxylation is 1. The molecule has 1 aromatic heterocycles. The van der Waals surface area contributed by atoms with Crippen LogP contribution in [-0.2, 0) is 10.0 Å². The van der Waals surface area contributed by atoms with E-state index in [4.69, 9.17) is 4.74 Å². The number of carbonyl (C=O) groups is 1. The van der Waals surface area contributed by atoms with E-state index in [0.29, 0.717) is 12.2 Å². The van der Waals surface area contributed by atoms with Crippen molar-refractivity contribution in [3.63, 3.8) is 0 Å². The summed E-state index contributed by atoms with van der Waals surface area (Å²) in [6, 6.07) is 15.4. The molecular formula is C23H27N3O4S2. The first kappa shape index (κ1) is 23.8. The van der Waals surface area contributed by atoms with E-state index in [9.17, 15) is 13.2 Å². The Morgan fingerprint density at radius 2 is 1.84 bits per heavy atom. The van der Waals surface area contributed by atoms with E-state index < -0.39 is 10.0 Å².